The van der Waals surface area contributed by atoms with Crippen LogP contribution in [-0.4, -0.2) is 12.6 Å². The molecule has 0 atom stereocenters. The van der Waals surface area contributed by atoms with E-state index in [4.69, 9.17) is 4.74 Å². The third-order valence-electron chi connectivity index (χ3n) is 3.25. The van der Waals surface area contributed by atoms with Crippen molar-refractivity contribution in [3.63, 3.8) is 0 Å². The van der Waals surface area contributed by atoms with E-state index >= 15 is 0 Å². The van der Waals surface area contributed by atoms with Crippen LogP contribution in [0.25, 0.3) is 0 Å². The molecule has 2 rings (SSSR count). The molecule has 1 N–H and O–H groups in total. The van der Waals surface area contributed by atoms with Gasteiger partial charge < -0.3 is 10.1 Å². The zero-order valence-electron chi connectivity index (χ0n) is 10.7. The Bertz CT molecular complexity index is 367. The van der Waals surface area contributed by atoms with Crippen LogP contribution in [0.2, 0.25) is 0 Å². The van der Waals surface area contributed by atoms with Crippen LogP contribution in [0.5, 0.6) is 5.75 Å². The molecule has 4 heteroatoms. The Balaban J connectivity index is 0.00000162. The maximum Gasteiger partial charge on any atom is 0.133 e. The van der Waals surface area contributed by atoms with Crippen molar-refractivity contribution < 1.29 is 4.74 Å². The third-order valence-corrected chi connectivity index (χ3v) is 3.87. The minimum absolute atomic E-state index is 0. The van der Waals surface area contributed by atoms with Gasteiger partial charge in [-0.25, -0.2) is 0 Å². The third kappa shape index (κ3) is 4.45. The Morgan fingerprint density at radius 2 is 2.06 bits per heavy atom. The molecule has 0 aliphatic heterocycles. The molecule has 0 amide bonds. The summed E-state index contributed by atoms with van der Waals surface area (Å²) in [5, 5.41) is 3.61. The van der Waals surface area contributed by atoms with Crippen molar-refractivity contribution in [2.75, 3.05) is 6.61 Å². The Kier molecular flexibility index (Phi) is 7.05. The van der Waals surface area contributed by atoms with Crippen molar-refractivity contribution >= 4 is 28.3 Å². The van der Waals surface area contributed by atoms with E-state index in [2.05, 4.69) is 33.4 Å². The van der Waals surface area contributed by atoms with E-state index in [0.717, 1.165) is 22.8 Å². The van der Waals surface area contributed by atoms with E-state index in [9.17, 15) is 0 Å². The highest BCUT2D eigenvalue weighted by Crippen LogP contribution is 2.26. The first-order chi connectivity index (χ1) is 8.29. The summed E-state index contributed by atoms with van der Waals surface area (Å²) in [7, 11) is 0. The van der Waals surface area contributed by atoms with E-state index in [-0.39, 0.29) is 12.4 Å². The zero-order chi connectivity index (χ0) is 12.1. The van der Waals surface area contributed by atoms with Crippen LogP contribution in [0.3, 0.4) is 0 Å². The number of halogens is 2. The van der Waals surface area contributed by atoms with Gasteiger partial charge in [-0.3, -0.25) is 0 Å². The quantitative estimate of drug-likeness (QED) is 0.866. The van der Waals surface area contributed by atoms with Gasteiger partial charge in [0.1, 0.15) is 5.75 Å². The predicted octanol–water partition coefficient (Wildman–Crippen LogP) is 4.30. The zero-order valence-corrected chi connectivity index (χ0v) is 13.1. The summed E-state index contributed by atoms with van der Waals surface area (Å²) < 4.78 is 6.55. The lowest BCUT2D eigenvalue weighted by molar-refractivity contribution is 0.338. The molecule has 0 heterocycles. The van der Waals surface area contributed by atoms with Gasteiger partial charge in [0.2, 0.25) is 0 Å². The average Bonchev–Trinajstić information content (AvgIpc) is 2.83. The van der Waals surface area contributed by atoms with E-state index < -0.39 is 0 Å². The van der Waals surface area contributed by atoms with Crippen LogP contribution in [0.4, 0.5) is 0 Å². The smallest absolute Gasteiger partial charge is 0.133 e. The second-order valence-electron chi connectivity index (χ2n) is 4.56. The molecular weight excluding hydrogens is 314 g/mol. The van der Waals surface area contributed by atoms with E-state index in [1.165, 1.54) is 31.2 Å². The molecule has 1 aliphatic rings. The molecule has 1 saturated carbocycles. The van der Waals surface area contributed by atoms with Gasteiger partial charge in [0.05, 0.1) is 11.1 Å². The maximum absolute atomic E-state index is 5.50. The Labute approximate surface area is 124 Å². The molecule has 1 aromatic rings. The molecule has 0 saturated heterocycles. The van der Waals surface area contributed by atoms with Crippen LogP contribution >= 0.6 is 28.3 Å². The number of hydrogen-bond donors (Lipinski definition) is 1. The number of hydrogen-bond acceptors (Lipinski definition) is 2. The number of nitrogens with one attached hydrogen (secondary N) is 1. The van der Waals surface area contributed by atoms with E-state index in [0.29, 0.717) is 6.61 Å². The summed E-state index contributed by atoms with van der Waals surface area (Å²) in [5.74, 6) is 0.928. The van der Waals surface area contributed by atoms with Crippen LogP contribution in [0.1, 0.15) is 38.2 Å². The highest BCUT2D eigenvalue weighted by molar-refractivity contribution is 9.10. The second kappa shape index (κ2) is 8.03. The molecule has 0 aromatic heterocycles. The molecule has 1 fully saturated rings. The molecule has 18 heavy (non-hydrogen) atoms. The molecule has 0 spiro atoms. The fourth-order valence-electron chi connectivity index (χ4n) is 2.32. The summed E-state index contributed by atoms with van der Waals surface area (Å²) in [6.45, 7) is 3.66. The van der Waals surface area contributed by atoms with Crippen LogP contribution in [0, 0.1) is 0 Å². The minimum atomic E-state index is 0. The standard InChI is InChI=1S/C14H20BrNO.ClH/c1-2-17-14-8-7-11(9-13(14)15)10-16-12-5-3-4-6-12;/h7-9,12,16H,2-6,10H2,1H3;1H. The van der Waals surface area contributed by atoms with Gasteiger partial charge in [-0.1, -0.05) is 18.9 Å². The summed E-state index contributed by atoms with van der Waals surface area (Å²) in [6, 6.07) is 7.05. The average molecular weight is 335 g/mol. The van der Waals surface area contributed by atoms with Gasteiger partial charge in [-0.15, -0.1) is 12.4 Å². The monoisotopic (exact) mass is 333 g/mol. The number of rotatable bonds is 5. The highest BCUT2D eigenvalue weighted by Gasteiger charge is 2.13. The van der Waals surface area contributed by atoms with Gasteiger partial charge >= 0.3 is 0 Å². The Morgan fingerprint density at radius 1 is 1.33 bits per heavy atom. The van der Waals surface area contributed by atoms with Crippen molar-refractivity contribution in [3.8, 4) is 5.75 Å². The summed E-state index contributed by atoms with van der Waals surface area (Å²) in [6.07, 6.45) is 5.42. The van der Waals surface area contributed by atoms with Crippen LogP contribution in [-0.2, 0) is 6.54 Å². The lowest BCUT2D eigenvalue weighted by atomic mass is 10.2. The number of ether oxygens (including phenoxy) is 1. The van der Waals surface area contributed by atoms with Gasteiger partial charge in [-0.2, -0.15) is 0 Å². The van der Waals surface area contributed by atoms with Crippen LogP contribution < -0.4 is 10.1 Å². The summed E-state index contributed by atoms with van der Waals surface area (Å²) in [4.78, 5) is 0. The highest BCUT2D eigenvalue weighted by atomic mass is 79.9. The molecule has 102 valence electrons. The molecule has 0 unspecified atom stereocenters. The molecule has 2 nitrogen and oxygen atoms in total. The second-order valence-corrected chi connectivity index (χ2v) is 5.41. The molecule has 0 bridgehead atoms. The van der Waals surface area contributed by atoms with Crippen molar-refractivity contribution in [2.24, 2.45) is 0 Å². The first-order valence-corrected chi connectivity index (χ1v) is 7.23. The minimum Gasteiger partial charge on any atom is -0.493 e. The SMILES string of the molecule is CCOc1ccc(CNC2CCCC2)cc1Br.Cl. The van der Waals surface area contributed by atoms with Crippen molar-refractivity contribution in [2.45, 2.75) is 45.2 Å². The van der Waals surface area contributed by atoms with Crippen molar-refractivity contribution in [3.05, 3.63) is 28.2 Å². The Hall–Kier alpha value is -0.250. The molecular formula is C14H21BrClNO. The fraction of sp³-hybridized carbons (Fsp3) is 0.571. The number of benzene rings is 1. The predicted molar refractivity (Wildman–Crippen MR) is 81.7 cm³/mol. The first kappa shape index (κ1) is 15.8. The maximum atomic E-state index is 5.50. The van der Waals surface area contributed by atoms with E-state index in [1.807, 2.05) is 13.0 Å². The van der Waals surface area contributed by atoms with Crippen LogP contribution in [0.15, 0.2) is 22.7 Å². The van der Waals surface area contributed by atoms with Gasteiger partial charge in [-0.05, 0) is 53.4 Å². The van der Waals surface area contributed by atoms with Crippen molar-refractivity contribution in [1.29, 1.82) is 0 Å². The molecule has 1 aliphatic carbocycles. The van der Waals surface area contributed by atoms with Crippen molar-refractivity contribution in [1.82, 2.24) is 5.32 Å². The molecule has 1 aromatic carbocycles. The van der Waals surface area contributed by atoms with Gasteiger partial charge in [0.25, 0.3) is 0 Å². The van der Waals surface area contributed by atoms with E-state index in [1.54, 1.807) is 0 Å². The first-order valence-electron chi connectivity index (χ1n) is 6.44. The summed E-state index contributed by atoms with van der Waals surface area (Å²) in [5.41, 5.74) is 1.31. The lowest BCUT2D eigenvalue weighted by Gasteiger charge is -2.13. The topological polar surface area (TPSA) is 21.3 Å². The van der Waals surface area contributed by atoms with Gasteiger partial charge in [0.15, 0.2) is 0 Å². The lowest BCUT2D eigenvalue weighted by Crippen LogP contribution is -2.25. The van der Waals surface area contributed by atoms with Gasteiger partial charge in [0, 0.05) is 12.6 Å². The normalized spacial score (nSPS) is 15.4. The summed E-state index contributed by atoms with van der Waals surface area (Å²) >= 11 is 3.55. The largest absolute Gasteiger partial charge is 0.493 e. The molecule has 0 radical (unpaired) electrons. The Morgan fingerprint density at radius 3 is 2.67 bits per heavy atom. The fourth-order valence-corrected chi connectivity index (χ4v) is 2.86.